The number of hydrogen-bond donors (Lipinski definition) is 0. The lowest BCUT2D eigenvalue weighted by molar-refractivity contribution is -0.168. The van der Waals surface area contributed by atoms with E-state index in [9.17, 15) is 9.59 Å². The quantitative estimate of drug-likeness (QED) is 0.617. The average Bonchev–Trinajstić information content (AvgIpc) is 2.93. The highest BCUT2D eigenvalue weighted by molar-refractivity contribution is 6.03. The van der Waals surface area contributed by atoms with E-state index < -0.39 is 17.4 Å². The van der Waals surface area contributed by atoms with Gasteiger partial charge in [-0.3, -0.25) is 9.59 Å². The van der Waals surface area contributed by atoms with Gasteiger partial charge in [-0.05, 0) is 24.0 Å². The van der Waals surface area contributed by atoms with Gasteiger partial charge in [-0.25, -0.2) is 0 Å². The Balaban J connectivity index is 2.29. The van der Waals surface area contributed by atoms with Gasteiger partial charge in [0.05, 0.1) is 14.2 Å². The summed E-state index contributed by atoms with van der Waals surface area (Å²) in [4.78, 5) is 23.9. The summed E-state index contributed by atoms with van der Waals surface area (Å²) < 4.78 is 9.54. The molecule has 19 heavy (non-hydrogen) atoms. The van der Waals surface area contributed by atoms with Crippen molar-refractivity contribution in [1.82, 2.24) is 0 Å². The molecular formula is C15H16O4. The molecule has 0 aliphatic heterocycles. The molecule has 0 spiro atoms. The van der Waals surface area contributed by atoms with E-state index in [1.54, 1.807) is 0 Å². The Bertz CT molecular complexity index is 500. The van der Waals surface area contributed by atoms with Gasteiger partial charge < -0.3 is 9.47 Å². The summed E-state index contributed by atoms with van der Waals surface area (Å²) in [7, 11) is 2.57. The predicted octanol–water partition coefficient (Wildman–Crippen LogP) is 2.20. The number of allylic oxidation sites excluding steroid dienone is 2. The molecule has 0 radical (unpaired) electrons. The number of benzene rings is 1. The normalized spacial score (nSPS) is 16.6. The van der Waals surface area contributed by atoms with Gasteiger partial charge in [-0.15, -0.1) is 0 Å². The minimum Gasteiger partial charge on any atom is -0.468 e. The number of methoxy groups -OCH3 is 2. The molecule has 1 aliphatic rings. The molecule has 4 nitrogen and oxygen atoms in total. The van der Waals surface area contributed by atoms with Gasteiger partial charge in [0.2, 0.25) is 0 Å². The monoisotopic (exact) mass is 260 g/mol. The van der Waals surface area contributed by atoms with Crippen molar-refractivity contribution in [2.75, 3.05) is 14.2 Å². The maximum absolute atomic E-state index is 12.0. The first-order chi connectivity index (χ1) is 9.14. The summed E-state index contributed by atoms with van der Waals surface area (Å²) in [5.41, 5.74) is 0.753. The van der Waals surface area contributed by atoms with Crippen molar-refractivity contribution in [3.8, 4) is 0 Å². The average molecular weight is 260 g/mol. The zero-order valence-electron chi connectivity index (χ0n) is 11.0. The minimum absolute atomic E-state index is 0.316. The van der Waals surface area contributed by atoms with Crippen LogP contribution in [0, 0.1) is 5.41 Å². The Morgan fingerprint density at radius 3 is 2.16 bits per heavy atom. The van der Waals surface area contributed by atoms with E-state index in [0.29, 0.717) is 12.8 Å². The molecule has 100 valence electrons. The molecule has 0 saturated heterocycles. The van der Waals surface area contributed by atoms with Gasteiger partial charge in [-0.1, -0.05) is 36.4 Å². The van der Waals surface area contributed by atoms with Crippen LogP contribution in [0.15, 0.2) is 36.4 Å². The third-order valence-corrected chi connectivity index (χ3v) is 3.49. The zero-order valence-corrected chi connectivity index (χ0v) is 11.0. The molecule has 1 aromatic carbocycles. The Hall–Kier alpha value is -2.10. The maximum Gasteiger partial charge on any atom is 0.323 e. The van der Waals surface area contributed by atoms with Crippen molar-refractivity contribution < 1.29 is 19.1 Å². The van der Waals surface area contributed by atoms with Crippen LogP contribution in [0.4, 0.5) is 0 Å². The Morgan fingerprint density at radius 2 is 1.63 bits per heavy atom. The first-order valence-electron chi connectivity index (χ1n) is 6.05. The molecule has 1 aromatic rings. The van der Waals surface area contributed by atoms with E-state index in [0.717, 1.165) is 11.1 Å². The summed E-state index contributed by atoms with van der Waals surface area (Å²) in [6.07, 6.45) is 2.54. The number of rotatable bonds is 3. The highest BCUT2D eigenvalue weighted by Crippen LogP contribution is 2.43. The Labute approximate surface area is 112 Å². The second-order valence-corrected chi connectivity index (χ2v) is 4.54. The van der Waals surface area contributed by atoms with Gasteiger partial charge in [0, 0.05) is 0 Å². The van der Waals surface area contributed by atoms with E-state index >= 15 is 0 Å². The first kappa shape index (κ1) is 13.3. The van der Waals surface area contributed by atoms with Crippen LogP contribution in [-0.4, -0.2) is 26.2 Å². The van der Waals surface area contributed by atoms with E-state index in [4.69, 9.17) is 9.47 Å². The fourth-order valence-electron chi connectivity index (χ4n) is 2.42. The Morgan fingerprint density at radius 1 is 1.05 bits per heavy atom. The second-order valence-electron chi connectivity index (χ2n) is 4.54. The summed E-state index contributed by atoms with van der Waals surface area (Å²) in [6.45, 7) is 0. The number of carbonyl (C=O) groups is 2. The van der Waals surface area contributed by atoms with Gasteiger partial charge >= 0.3 is 11.9 Å². The standard InChI is InChI=1S/C15H16O4/c1-18-13(16)15(14(17)19-2)9-8-12(10-15)11-6-4-3-5-7-11/h3-8H,9-10H2,1-2H3. The number of carbonyl (C=O) groups excluding carboxylic acids is 2. The SMILES string of the molecule is COC(=O)C1(C(=O)OC)CC=C(c2ccccc2)C1. The van der Waals surface area contributed by atoms with Crippen LogP contribution in [0.2, 0.25) is 0 Å². The lowest BCUT2D eigenvalue weighted by Crippen LogP contribution is -2.39. The van der Waals surface area contributed by atoms with E-state index in [1.807, 2.05) is 36.4 Å². The van der Waals surface area contributed by atoms with Crippen molar-refractivity contribution in [1.29, 1.82) is 0 Å². The van der Waals surface area contributed by atoms with Crippen molar-refractivity contribution in [3.05, 3.63) is 42.0 Å². The maximum atomic E-state index is 12.0. The van der Waals surface area contributed by atoms with Gasteiger partial charge in [-0.2, -0.15) is 0 Å². The minimum atomic E-state index is -1.23. The van der Waals surface area contributed by atoms with Crippen LogP contribution in [0.1, 0.15) is 18.4 Å². The molecule has 0 fully saturated rings. The molecule has 0 N–H and O–H groups in total. The van der Waals surface area contributed by atoms with E-state index in [2.05, 4.69) is 0 Å². The first-order valence-corrected chi connectivity index (χ1v) is 6.05. The third-order valence-electron chi connectivity index (χ3n) is 3.49. The molecule has 0 saturated carbocycles. The topological polar surface area (TPSA) is 52.6 Å². The lowest BCUT2D eigenvalue weighted by Gasteiger charge is -2.23. The largest absolute Gasteiger partial charge is 0.468 e. The third kappa shape index (κ3) is 2.26. The van der Waals surface area contributed by atoms with Gasteiger partial charge in [0.15, 0.2) is 5.41 Å². The van der Waals surface area contributed by atoms with E-state index in [-0.39, 0.29) is 0 Å². The van der Waals surface area contributed by atoms with Crippen LogP contribution in [0.3, 0.4) is 0 Å². The molecular weight excluding hydrogens is 244 g/mol. The zero-order chi connectivity index (χ0) is 13.9. The van der Waals surface area contributed by atoms with Gasteiger partial charge in [0.1, 0.15) is 0 Å². The molecule has 0 heterocycles. The smallest absolute Gasteiger partial charge is 0.323 e. The van der Waals surface area contributed by atoms with Crippen molar-refractivity contribution >= 4 is 17.5 Å². The number of esters is 2. The number of hydrogen-bond acceptors (Lipinski definition) is 4. The predicted molar refractivity (Wildman–Crippen MR) is 70.1 cm³/mol. The molecule has 0 bridgehead atoms. The summed E-state index contributed by atoms with van der Waals surface area (Å²) in [6, 6.07) is 9.68. The summed E-state index contributed by atoms with van der Waals surface area (Å²) in [5, 5.41) is 0. The van der Waals surface area contributed by atoms with Crippen LogP contribution >= 0.6 is 0 Å². The summed E-state index contributed by atoms with van der Waals surface area (Å²) >= 11 is 0. The lowest BCUT2D eigenvalue weighted by atomic mass is 9.83. The fraction of sp³-hybridized carbons (Fsp3) is 0.333. The Kier molecular flexibility index (Phi) is 3.69. The summed E-state index contributed by atoms with van der Waals surface area (Å²) in [5.74, 6) is -1.08. The van der Waals surface area contributed by atoms with Gasteiger partial charge in [0.25, 0.3) is 0 Å². The van der Waals surface area contributed by atoms with Crippen LogP contribution in [-0.2, 0) is 19.1 Å². The number of ether oxygens (including phenoxy) is 2. The van der Waals surface area contributed by atoms with Crippen molar-refractivity contribution in [2.45, 2.75) is 12.8 Å². The highest BCUT2D eigenvalue weighted by Gasteiger charge is 2.50. The molecule has 2 rings (SSSR count). The van der Waals surface area contributed by atoms with E-state index in [1.165, 1.54) is 14.2 Å². The van der Waals surface area contributed by atoms with Crippen LogP contribution in [0.25, 0.3) is 5.57 Å². The molecule has 0 atom stereocenters. The van der Waals surface area contributed by atoms with Crippen LogP contribution < -0.4 is 0 Å². The highest BCUT2D eigenvalue weighted by atomic mass is 16.5. The molecule has 1 aliphatic carbocycles. The molecule has 4 heteroatoms. The molecule has 0 aromatic heterocycles. The van der Waals surface area contributed by atoms with Crippen LogP contribution in [0.5, 0.6) is 0 Å². The fourth-order valence-corrected chi connectivity index (χ4v) is 2.42. The molecule has 0 unspecified atom stereocenters. The van der Waals surface area contributed by atoms with Crippen molar-refractivity contribution in [3.63, 3.8) is 0 Å². The second kappa shape index (κ2) is 5.26. The van der Waals surface area contributed by atoms with Crippen molar-refractivity contribution in [2.24, 2.45) is 5.41 Å². The molecule has 0 amide bonds.